The molecule has 1 aromatic heterocycles. The maximum absolute atomic E-state index is 13.7. The molecule has 0 fully saturated rings. The second kappa shape index (κ2) is 5.91. The van der Waals surface area contributed by atoms with E-state index in [9.17, 15) is 9.18 Å². The lowest BCUT2D eigenvalue weighted by atomic mass is 10.2. The van der Waals surface area contributed by atoms with Crippen molar-refractivity contribution in [3.8, 4) is 0 Å². The van der Waals surface area contributed by atoms with Crippen molar-refractivity contribution >= 4 is 17.6 Å². The van der Waals surface area contributed by atoms with E-state index in [-0.39, 0.29) is 17.1 Å². The lowest BCUT2D eigenvalue weighted by Crippen LogP contribution is -2.17. The number of aromatic amines is 1. The van der Waals surface area contributed by atoms with Gasteiger partial charge < -0.3 is 5.73 Å². The zero-order valence-corrected chi connectivity index (χ0v) is 11.6. The fraction of sp³-hybridized carbons (Fsp3) is 0.250. The predicted octanol–water partition coefficient (Wildman–Crippen LogP) is 1.56. The lowest BCUT2D eigenvalue weighted by Gasteiger charge is -2.08. The molecule has 0 atom stereocenters. The summed E-state index contributed by atoms with van der Waals surface area (Å²) in [6, 6.07) is 4.41. The quantitative estimate of drug-likeness (QED) is 0.575. The Hall–Kier alpha value is -2.09. The molecule has 0 aliphatic heterocycles. The minimum absolute atomic E-state index is 0.0241. The van der Waals surface area contributed by atoms with E-state index in [0.29, 0.717) is 16.6 Å². The van der Waals surface area contributed by atoms with Crippen molar-refractivity contribution < 1.29 is 4.39 Å². The van der Waals surface area contributed by atoms with Crippen LogP contribution in [0.4, 0.5) is 4.39 Å². The maximum Gasteiger partial charge on any atom is 0.343 e. The molecule has 8 heteroatoms. The van der Waals surface area contributed by atoms with Crippen molar-refractivity contribution in [2.24, 2.45) is 5.73 Å². The molecular weight excluding hydrogens is 281 g/mol. The van der Waals surface area contributed by atoms with Crippen LogP contribution in [0, 0.1) is 11.2 Å². The fourth-order valence-corrected chi connectivity index (χ4v) is 2.78. The molecule has 0 bridgehead atoms. The number of benzene rings is 1. The Morgan fingerprint density at radius 2 is 2.35 bits per heavy atom. The van der Waals surface area contributed by atoms with Crippen LogP contribution in [0.5, 0.6) is 0 Å². The second-order valence-corrected chi connectivity index (χ2v) is 5.10. The Labute approximate surface area is 118 Å². The van der Waals surface area contributed by atoms with E-state index in [4.69, 9.17) is 11.1 Å². The number of hydrogen-bond acceptors (Lipinski definition) is 4. The Kier molecular flexibility index (Phi) is 4.23. The molecule has 106 valence electrons. The summed E-state index contributed by atoms with van der Waals surface area (Å²) in [5, 5.41) is 14.1. The number of halogens is 1. The van der Waals surface area contributed by atoms with E-state index < -0.39 is 5.82 Å². The third-order valence-electron chi connectivity index (χ3n) is 2.62. The molecule has 0 saturated heterocycles. The summed E-state index contributed by atoms with van der Waals surface area (Å²) in [5.74, 6) is -0.923. The van der Waals surface area contributed by atoms with Crippen LogP contribution in [0.15, 0.2) is 33.0 Å². The standard InChI is InChI=1S/C12H14FN5OS/c1-2-6-18-11(19)16-17-12(18)20-8-5-3-4-7(13)9(8)10(14)15/h3-5H,2,6H2,1H3,(H3,14,15)(H,16,19). The number of nitrogens with two attached hydrogens (primary N) is 1. The molecule has 0 saturated carbocycles. The van der Waals surface area contributed by atoms with Gasteiger partial charge in [0, 0.05) is 11.4 Å². The van der Waals surface area contributed by atoms with Gasteiger partial charge in [0.25, 0.3) is 0 Å². The van der Waals surface area contributed by atoms with E-state index >= 15 is 0 Å². The minimum Gasteiger partial charge on any atom is -0.384 e. The summed E-state index contributed by atoms with van der Waals surface area (Å²) in [5.41, 5.74) is 5.12. The molecule has 2 aromatic rings. The van der Waals surface area contributed by atoms with Crippen LogP contribution in [0.25, 0.3) is 0 Å². The van der Waals surface area contributed by atoms with Gasteiger partial charge in [0.05, 0.1) is 5.56 Å². The normalized spacial score (nSPS) is 10.7. The molecular formula is C12H14FN5OS. The Bertz CT molecular complexity index is 693. The summed E-state index contributed by atoms with van der Waals surface area (Å²) in [7, 11) is 0. The number of amidine groups is 1. The monoisotopic (exact) mass is 295 g/mol. The van der Waals surface area contributed by atoms with E-state index in [0.717, 1.165) is 18.2 Å². The van der Waals surface area contributed by atoms with Crippen LogP contribution in [-0.4, -0.2) is 20.6 Å². The largest absolute Gasteiger partial charge is 0.384 e. The zero-order chi connectivity index (χ0) is 14.7. The third-order valence-corrected chi connectivity index (χ3v) is 3.67. The number of nitrogens with zero attached hydrogens (tertiary/aromatic N) is 2. The van der Waals surface area contributed by atoms with Crippen LogP contribution in [0.1, 0.15) is 18.9 Å². The highest BCUT2D eigenvalue weighted by atomic mass is 32.2. The molecule has 0 aliphatic carbocycles. The number of H-pyrrole nitrogens is 1. The van der Waals surface area contributed by atoms with Crippen LogP contribution >= 0.6 is 11.8 Å². The third kappa shape index (κ3) is 2.74. The van der Waals surface area contributed by atoms with Gasteiger partial charge in [-0.05, 0) is 30.3 Å². The van der Waals surface area contributed by atoms with Crippen molar-refractivity contribution in [1.82, 2.24) is 14.8 Å². The van der Waals surface area contributed by atoms with Gasteiger partial charge in [-0.3, -0.25) is 9.98 Å². The maximum atomic E-state index is 13.7. The lowest BCUT2D eigenvalue weighted by molar-refractivity contribution is 0.603. The summed E-state index contributed by atoms with van der Waals surface area (Å²) in [6.45, 7) is 2.46. The number of hydrogen-bond donors (Lipinski definition) is 3. The van der Waals surface area contributed by atoms with Gasteiger partial charge in [0.2, 0.25) is 0 Å². The molecule has 2 rings (SSSR count). The first-order chi connectivity index (χ1) is 9.54. The summed E-state index contributed by atoms with van der Waals surface area (Å²) in [6.07, 6.45) is 0.774. The number of nitrogens with one attached hydrogen (secondary N) is 2. The molecule has 0 aliphatic rings. The van der Waals surface area contributed by atoms with E-state index in [1.54, 1.807) is 6.07 Å². The number of nitrogen functional groups attached to an aromatic ring is 1. The Balaban J connectivity index is 2.43. The van der Waals surface area contributed by atoms with Crippen molar-refractivity contribution in [3.05, 3.63) is 40.1 Å². The van der Waals surface area contributed by atoms with Crippen LogP contribution in [-0.2, 0) is 6.54 Å². The van der Waals surface area contributed by atoms with Gasteiger partial charge in [-0.2, -0.15) is 0 Å². The average molecular weight is 295 g/mol. The molecule has 1 heterocycles. The molecule has 0 amide bonds. The Morgan fingerprint density at radius 1 is 1.60 bits per heavy atom. The minimum atomic E-state index is -0.567. The van der Waals surface area contributed by atoms with Crippen molar-refractivity contribution in [2.45, 2.75) is 29.9 Å². The first-order valence-electron chi connectivity index (χ1n) is 6.00. The topological polar surface area (TPSA) is 101 Å². The summed E-state index contributed by atoms with van der Waals surface area (Å²) in [4.78, 5) is 12.0. The molecule has 4 N–H and O–H groups in total. The SMILES string of the molecule is CCCn1c(Sc2cccc(F)c2C(=N)N)n[nH]c1=O. The highest BCUT2D eigenvalue weighted by Gasteiger charge is 2.16. The van der Waals surface area contributed by atoms with Gasteiger partial charge in [-0.15, -0.1) is 5.10 Å². The zero-order valence-electron chi connectivity index (χ0n) is 10.8. The van der Waals surface area contributed by atoms with Crippen LogP contribution in [0.3, 0.4) is 0 Å². The van der Waals surface area contributed by atoms with Crippen LogP contribution < -0.4 is 11.4 Å². The smallest absolute Gasteiger partial charge is 0.343 e. The fourth-order valence-electron chi connectivity index (χ4n) is 1.75. The number of rotatable bonds is 5. The van der Waals surface area contributed by atoms with Gasteiger partial charge in [0.1, 0.15) is 11.7 Å². The highest BCUT2D eigenvalue weighted by molar-refractivity contribution is 7.99. The average Bonchev–Trinajstić information content (AvgIpc) is 2.72. The molecule has 20 heavy (non-hydrogen) atoms. The first-order valence-corrected chi connectivity index (χ1v) is 6.82. The highest BCUT2D eigenvalue weighted by Crippen LogP contribution is 2.29. The Morgan fingerprint density at radius 3 is 3.00 bits per heavy atom. The molecule has 0 spiro atoms. The van der Waals surface area contributed by atoms with Crippen molar-refractivity contribution in [1.29, 1.82) is 5.41 Å². The second-order valence-electron chi connectivity index (χ2n) is 4.09. The first kappa shape index (κ1) is 14.3. The van der Waals surface area contributed by atoms with Crippen molar-refractivity contribution in [3.63, 3.8) is 0 Å². The van der Waals surface area contributed by atoms with Crippen LogP contribution in [0.2, 0.25) is 0 Å². The van der Waals surface area contributed by atoms with Gasteiger partial charge in [-0.25, -0.2) is 14.3 Å². The van der Waals surface area contributed by atoms with Gasteiger partial charge in [-0.1, -0.05) is 13.0 Å². The van der Waals surface area contributed by atoms with Crippen molar-refractivity contribution in [2.75, 3.05) is 0 Å². The molecule has 0 unspecified atom stereocenters. The predicted molar refractivity (Wildman–Crippen MR) is 74.7 cm³/mol. The van der Waals surface area contributed by atoms with E-state index in [1.165, 1.54) is 16.7 Å². The summed E-state index contributed by atoms with van der Waals surface area (Å²) < 4.78 is 15.2. The van der Waals surface area contributed by atoms with E-state index in [2.05, 4.69) is 10.2 Å². The molecule has 1 aromatic carbocycles. The number of aromatic nitrogens is 3. The molecule has 0 radical (unpaired) electrons. The van der Waals surface area contributed by atoms with E-state index in [1.807, 2.05) is 6.92 Å². The van der Waals surface area contributed by atoms with Gasteiger partial charge in [0.15, 0.2) is 5.16 Å². The van der Waals surface area contributed by atoms with Gasteiger partial charge >= 0.3 is 5.69 Å². The molecule has 6 nitrogen and oxygen atoms in total. The summed E-state index contributed by atoms with van der Waals surface area (Å²) >= 11 is 1.10.